The second-order valence-electron chi connectivity index (χ2n) is 5.77. The van der Waals surface area contributed by atoms with Crippen molar-refractivity contribution in [2.45, 2.75) is 26.9 Å². The van der Waals surface area contributed by atoms with Gasteiger partial charge in [0.15, 0.2) is 0 Å². The smallest absolute Gasteiger partial charge is 0.312 e. The van der Waals surface area contributed by atoms with Gasteiger partial charge in [-0.1, -0.05) is 12.1 Å². The van der Waals surface area contributed by atoms with Crippen molar-refractivity contribution < 1.29 is 9.72 Å². The number of nitrogens with one attached hydrogen (secondary N) is 1. The van der Waals surface area contributed by atoms with Crippen molar-refractivity contribution in [1.82, 2.24) is 15.1 Å². The highest BCUT2D eigenvalue weighted by atomic mass is 16.6. The standard InChI is InChI=1S/C16H21N5O3/c1-11-16(21(23)24)12(2)20(18-11)10-15(22)17-9-13-5-7-14(8-6-13)19(3)4/h5-8H,9-10H2,1-4H3,(H,17,22). The first kappa shape index (κ1) is 17.5. The molecule has 8 nitrogen and oxygen atoms in total. The fraction of sp³-hybridized carbons (Fsp3) is 0.375. The van der Waals surface area contributed by atoms with Crippen LogP contribution in [0.25, 0.3) is 0 Å². The summed E-state index contributed by atoms with van der Waals surface area (Å²) in [5.74, 6) is -0.243. The van der Waals surface area contributed by atoms with E-state index < -0.39 is 4.92 Å². The molecule has 0 unspecified atom stereocenters. The predicted molar refractivity (Wildman–Crippen MR) is 91.0 cm³/mol. The quantitative estimate of drug-likeness (QED) is 0.643. The number of anilines is 1. The van der Waals surface area contributed by atoms with Crippen molar-refractivity contribution in [3.63, 3.8) is 0 Å². The number of nitro groups is 1. The Labute approximate surface area is 140 Å². The van der Waals surface area contributed by atoms with Gasteiger partial charge in [0.1, 0.15) is 17.9 Å². The molecule has 0 atom stereocenters. The molecule has 0 fully saturated rings. The van der Waals surface area contributed by atoms with E-state index in [4.69, 9.17) is 0 Å². The molecule has 1 amide bonds. The summed E-state index contributed by atoms with van der Waals surface area (Å²) in [6.07, 6.45) is 0. The largest absolute Gasteiger partial charge is 0.378 e. The Morgan fingerprint density at radius 3 is 2.42 bits per heavy atom. The van der Waals surface area contributed by atoms with Crippen LogP contribution >= 0.6 is 0 Å². The van der Waals surface area contributed by atoms with Gasteiger partial charge < -0.3 is 10.2 Å². The molecule has 0 spiro atoms. The number of carbonyl (C=O) groups excluding carboxylic acids is 1. The lowest BCUT2D eigenvalue weighted by molar-refractivity contribution is -0.386. The molecule has 2 aromatic rings. The molecule has 0 radical (unpaired) electrons. The summed E-state index contributed by atoms with van der Waals surface area (Å²) in [6.45, 7) is 3.50. The second-order valence-corrected chi connectivity index (χ2v) is 5.77. The van der Waals surface area contributed by atoms with E-state index in [1.165, 1.54) is 4.68 Å². The maximum Gasteiger partial charge on any atom is 0.312 e. The minimum Gasteiger partial charge on any atom is -0.378 e. The summed E-state index contributed by atoms with van der Waals surface area (Å²) >= 11 is 0. The average molecular weight is 331 g/mol. The molecule has 2 rings (SSSR count). The molecule has 0 aliphatic carbocycles. The van der Waals surface area contributed by atoms with E-state index in [0.29, 0.717) is 17.9 Å². The Hall–Kier alpha value is -2.90. The van der Waals surface area contributed by atoms with E-state index in [1.807, 2.05) is 43.3 Å². The summed E-state index contributed by atoms with van der Waals surface area (Å²) in [7, 11) is 3.93. The van der Waals surface area contributed by atoms with E-state index in [-0.39, 0.29) is 18.1 Å². The minimum atomic E-state index is -0.474. The number of benzene rings is 1. The van der Waals surface area contributed by atoms with Gasteiger partial charge in [0.2, 0.25) is 5.91 Å². The molecule has 1 N–H and O–H groups in total. The molecule has 1 aromatic carbocycles. The molecule has 0 bridgehead atoms. The van der Waals surface area contributed by atoms with Crippen molar-refractivity contribution in [1.29, 1.82) is 0 Å². The number of hydrogen-bond acceptors (Lipinski definition) is 5. The third-order valence-electron chi connectivity index (χ3n) is 3.76. The van der Waals surface area contributed by atoms with E-state index in [0.717, 1.165) is 11.3 Å². The van der Waals surface area contributed by atoms with Gasteiger partial charge in [-0.25, -0.2) is 0 Å². The predicted octanol–water partition coefficient (Wildman–Crippen LogP) is 1.79. The summed E-state index contributed by atoms with van der Waals surface area (Å²) < 4.78 is 1.36. The molecule has 1 heterocycles. The number of carbonyl (C=O) groups is 1. The van der Waals surface area contributed by atoms with Crippen LogP contribution in [0.1, 0.15) is 17.0 Å². The topological polar surface area (TPSA) is 93.3 Å². The van der Waals surface area contributed by atoms with Crippen molar-refractivity contribution in [3.8, 4) is 0 Å². The Morgan fingerprint density at radius 2 is 1.92 bits per heavy atom. The molecule has 1 aromatic heterocycles. The highest BCUT2D eigenvalue weighted by molar-refractivity contribution is 5.75. The molecular weight excluding hydrogens is 310 g/mol. The number of amides is 1. The maximum atomic E-state index is 12.1. The number of aromatic nitrogens is 2. The lowest BCUT2D eigenvalue weighted by Crippen LogP contribution is -2.28. The van der Waals surface area contributed by atoms with Crippen LogP contribution in [0.2, 0.25) is 0 Å². The van der Waals surface area contributed by atoms with E-state index in [1.54, 1.807) is 13.8 Å². The van der Waals surface area contributed by atoms with Crippen LogP contribution in [0, 0.1) is 24.0 Å². The van der Waals surface area contributed by atoms with Gasteiger partial charge in [-0.3, -0.25) is 19.6 Å². The first-order valence-corrected chi connectivity index (χ1v) is 7.51. The fourth-order valence-corrected chi connectivity index (χ4v) is 2.41. The normalized spacial score (nSPS) is 10.5. The summed E-state index contributed by atoms with van der Waals surface area (Å²) in [4.78, 5) is 24.6. The average Bonchev–Trinajstić information content (AvgIpc) is 2.79. The number of aryl methyl sites for hydroxylation is 1. The van der Waals surface area contributed by atoms with Crippen LogP contribution in [0.5, 0.6) is 0 Å². The number of hydrogen-bond donors (Lipinski definition) is 1. The van der Waals surface area contributed by atoms with Crippen LogP contribution in [0.3, 0.4) is 0 Å². The molecule has 24 heavy (non-hydrogen) atoms. The fourth-order valence-electron chi connectivity index (χ4n) is 2.41. The van der Waals surface area contributed by atoms with Crippen molar-refractivity contribution in [2.24, 2.45) is 0 Å². The lowest BCUT2D eigenvalue weighted by atomic mass is 10.2. The zero-order valence-corrected chi connectivity index (χ0v) is 14.2. The van der Waals surface area contributed by atoms with Gasteiger partial charge in [-0.2, -0.15) is 5.10 Å². The zero-order chi connectivity index (χ0) is 17.9. The van der Waals surface area contributed by atoms with Crippen LogP contribution in [-0.4, -0.2) is 34.7 Å². The van der Waals surface area contributed by atoms with E-state index in [9.17, 15) is 14.9 Å². The van der Waals surface area contributed by atoms with Crippen LogP contribution in [-0.2, 0) is 17.9 Å². The molecule has 8 heteroatoms. The molecule has 0 saturated carbocycles. The third-order valence-corrected chi connectivity index (χ3v) is 3.76. The van der Waals surface area contributed by atoms with Gasteiger partial charge in [-0.05, 0) is 31.5 Å². The Morgan fingerprint density at radius 1 is 1.29 bits per heavy atom. The molecule has 0 saturated heterocycles. The summed E-state index contributed by atoms with van der Waals surface area (Å²) in [5, 5.41) is 17.8. The molecule has 0 aliphatic rings. The van der Waals surface area contributed by atoms with Gasteiger partial charge in [0.25, 0.3) is 0 Å². The van der Waals surface area contributed by atoms with Gasteiger partial charge >= 0.3 is 5.69 Å². The highest BCUT2D eigenvalue weighted by Gasteiger charge is 2.22. The zero-order valence-electron chi connectivity index (χ0n) is 14.2. The second kappa shape index (κ2) is 7.12. The lowest BCUT2D eigenvalue weighted by Gasteiger charge is -2.13. The summed E-state index contributed by atoms with van der Waals surface area (Å²) in [5.41, 5.74) is 2.71. The van der Waals surface area contributed by atoms with Crippen LogP contribution < -0.4 is 10.2 Å². The number of nitrogens with zero attached hydrogens (tertiary/aromatic N) is 4. The summed E-state index contributed by atoms with van der Waals surface area (Å²) in [6, 6.07) is 7.85. The van der Waals surface area contributed by atoms with Crippen molar-refractivity contribution in [3.05, 3.63) is 51.3 Å². The first-order valence-electron chi connectivity index (χ1n) is 7.51. The number of rotatable bonds is 6. The Balaban J connectivity index is 1.96. The molecular formula is C16H21N5O3. The van der Waals surface area contributed by atoms with Gasteiger partial charge in [-0.15, -0.1) is 0 Å². The first-order chi connectivity index (χ1) is 11.3. The van der Waals surface area contributed by atoms with E-state index >= 15 is 0 Å². The van der Waals surface area contributed by atoms with Gasteiger partial charge in [0.05, 0.1) is 4.92 Å². The molecule has 128 valence electrons. The van der Waals surface area contributed by atoms with Gasteiger partial charge in [0, 0.05) is 26.3 Å². The minimum absolute atomic E-state index is 0.0397. The SMILES string of the molecule is Cc1nn(CC(=O)NCc2ccc(N(C)C)cc2)c(C)c1[N+](=O)[O-]. The monoisotopic (exact) mass is 331 g/mol. The Bertz CT molecular complexity index is 750. The van der Waals surface area contributed by atoms with E-state index in [2.05, 4.69) is 10.4 Å². The highest BCUT2D eigenvalue weighted by Crippen LogP contribution is 2.21. The Kier molecular flexibility index (Phi) is 5.18. The third kappa shape index (κ3) is 3.89. The van der Waals surface area contributed by atoms with Crippen molar-refractivity contribution >= 4 is 17.3 Å². The van der Waals surface area contributed by atoms with Crippen molar-refractivity contribution in [2.75, 3.05) is 19.0 Å². The maximum absolute atomic E-state index is 12.1. The van der Waals surface area contributed by atoms with Crippen LogP contribution in [0.15, 0.2) is 24.3 Å². The molecule has 0 aliphatic heterocycles. The van der Waals surface area contributed by atoms with Crippen LogP contribution in [0.4, 0.5) is 11.4 Å².